The normalized spacial score (nSPS) is 19.7. The van der Waals surface area contributed by atoms with E-state index in [-0.39, 0.29) is 11.9 Å². The van der Waals surface area contributed by atoms with Crippen LogP contribution in [0.15, 0.2) is 24.3 Å². The summed E-state index contributed by atoms with van der Waals surface area (Å²) in [7, 11) is 1.58. The first-order valence-electron chi connectivity index (χ1n) is 4.67. The van der Waals surface area contributed by atoms with Crippen LogP contribution < -0.4 is 9.64 Å². The first-order valence-corrected chi connectivity index (χ1v) is 4.67. The number of methoxy groups -OCH3 is 1. The lowest BCUT2D eigenvalue weighted by atomic mass is 10.0. The van der Waals surface area contributed by atoms with Crippen LogP contribution in [0.1, 0.15) is 6.42 Å². The number of aldehydes is 1. The highest BCUT2D eigenvalue weighted by atomic mass is 16.5. The Kier molecular flexibility index (Phi) is 2.41. The van der Waals surface area contributed by atoms with Crippen LogP contribution in [0.5, 0.6) is 5.75 Å². The lowest BCUT2D eigenvalue weighted by Gasteiger charge is -2.36. The number of benzene rings is 1. The topological polar surface area (TPSA) is 46.6 Å². The number of hydrogen-bond donors (Lipinski definition) is 0. The number of ether oxygens (including phenoxy) is 1. The molecule has 1 amide bonds. The molecule has 1 aromatic carbocycles. The Morgan fingerprint density at radius 1 is 1.40 bits per heavy atom. The Morgan fingerprint density at radius 3 is 2.53 bits per heavy atom. The van der Waals surface area contributed by atoms with Crippen molar-refractivity contribution < 1.29 is 14.3 Å². The van der Waals surface area contributed by atoms with Crippen LogP contribution in [-0.2, 0) is 9.59 Å². The van der Waals surface area contributed by atoms with Crippen LogP contribution in [0.2, 0.25) is 0 Å². The molecule has 15 heavy (non-hydrogen) atoms. The van der Waals surface area contributed by atoms with E-state index in [2.05, 4.69) is 0 Å². The molecule has 78 valence electrons. The molecule has 0 N–H and O–H groups in total. The minimum Gasteiger partial charge on any atom is -0.497 e. The Hall–Kier alpha value is -1.84. The van der Waals surface area contributed by atoms with E-state index >= 15 is 0 Å². The molecular formula is C11H11NO3. The molecular weight excluding hydrogens is 194 g/mol. The van der Waals surface area contributed by atoms with E-state index in [4.69, 9.17) is 4.74 Å². The molecule has 4 nitrogen and oxygen atoms in total. The number of hydrogen-bond acceptors (Lipinski definition) is 3. The van der Waals surface area contributed by atoms with Gasteiger partial charge in [0, 0.05) is 5.69 Å². The van der Waals surface area contributed by atoms with E-state index in [1.807, 2.05) is 0 Å². The van der Waals surface area contributed by atoms with Crippen molar-refractivity contribution in [3.63, 3.8) is 0 Å². The van der Waals surface area contributed by atoms with Crippen molar-refractivity contribution in [3.8, 4) is 5.75 Å². The number of β-lactam (4-membered cyclic amide) rings is 1. The molecule has 1 saturated heterocycles. The van der Waals surface area contributed by atoms with Gasteiger partial charge in [-0.1, -0.05) is 0 Å². The van der Waals surface area contributed by atoms with E-state index in [1.165, 1.54) is 4.90 Å². The van der Waals surface area contributed by atoms with Gasteiger partial charge in [-0.2, -0.15) is 0 Å². The maximum absolute atomic E-state index is 11.3. The number of nitrogens with zero attached hydrogens (tertiary/aromatic N) is 1. The Bertz CT molecular complexity index is 385. The first-order chi connectivity index (χ1) is 7.26. The standard InChI is InChI=1S/C11H11NO3/c1-15-10-4-2-8(3-5-10)12-9(7-13)6-11(12)14/h2-5,7,9H,6H2,1H3/t9-/m1/s1. The van der Waals surface area contributed by atoms with Gasteiger partial charge in [-0.3, -0.25) is 4.79 Å². The van der Waals surface area contributed by atoms with Crippen molar-refractivity contribution in [2.75, 3.05) is 12.0 Å². The molecule has 4 heteroatoms. The van der Waals surface area contributed by atoms with Crippen molar-refractivity contribution in [1.29, 1.82) is 0 Å². The summed E-state index contributed by atoms with van der Waals surface area (Å²) >= 11 is 0. The first kappa shape index (κ1) is 9.71. The second-order valence-corrected chi connectivity index (χ2v) is 3.37. The van der Waals surface area contributed by atoms with Crippen molar-refractivity contribution >= 4 is 17.9 Å². The van der Waals surface area contributed by atoms with Gasteiger partial charge >= 0.3 is 0 Å². The fraction of sp³-hybridized carbons (Fsp3) is 0.273. The molecule has 1 aliphatic heterocycles. The summed E-state index contributed by atoms with van der Waals surface area (Å²) in [5.74, 6) is 0.714. The highest BCUT2D eigenvalue weighted by Gasteiger charge is 2.36. The van der Waals surface area contributed by atoms with E-state index < -0.39 is 0 Å². The molecule has 0 spiro atoms. The van der Waals surface area contributed by atoms with Crippen molar-refractivity contribution in [2.45, 2.75) is 12.5 Å². The maximum atomic E-state index is 11.3. The Balaban J connectivity index is 2.21. The lowest BCUT2D eigenvalue weighted by molar-refractivity contribution is -0.127. The molecule has 0 radical (unpaired) electrons. The lowest BCUT2D eigenvalue weighted by Crippen LogP contribution is -2.53. The number of carbonyl (C=O) groups excluding carboxylic acids is 2. The van der Waals surface area contributed by atoms with Crippen LogP contribution >= 0.6 is 0 Å². The molecule has 0 saturated carbocycles. The van der Waals surface area contributed by atoms with Crippen LogP contribution in [0.3, 0.4) is 0 Å². The maximum Gasteiger partial charge on any atom is 0.230 e. The number of carbonyl (C=O) groups is 2. The monoisotopic (exact) mass is 205 g/mol. The fourth-order valence-corrected chi connectivity index (χ4v) is 1.63. The Labute approximate surface area is 87.4 Å². The van der Waals surface area contributed by atoms with Crippen molar-refractivity contribution in [1.82, 2.24) is 0 Å². The molecule has 1 atom stereocenters. The van der Waals surface area contributed by atoms with Gasteiger partial charge in [0.15, 0.2) is 0 Å². The average Bonchev–Trinajstić information content (AvgIpc) is 2.26. The third-order valence-corrected chi connectivity index (χ3v) is 2.49. The van der Waals surface area contributed by atoms with Gasteiger partial charge in [-0.15, -0.1) is 0 Å². The predicted octanol–water partition coefficient (Wildman–Crippen LogP) is 0.999. The van der Waals surface area contributed by atoms with Gasteiger partial charge in [0.25, 0.3) is 0 Å². The van der Waals surface area contributed by atoms with Gasteiger partial charge in [0.2, 0.25) is 5.91 Å². The van der Waals surface area contributed by atoms with Gasteiger partial charge < -0.3 is 14.4 Å². The largest absolute Gasteiger partial charge is 0.497 e. The third-order valence-electron chi connectivity index (χ3n) is 2.49. The molecule has 2 rings (SSSR count). The second kappa shape index (κ2) is 3.73. The summed E-state index contributed by atoms with van der Waals surface area (Å²) in [6.07, 6.45) is 1.11. The highest BCUT2D eigenvalue weighted by Crippen LogP contribution is 2.28. The van der Waals surface area contributed by atoms with Gasteiger partial charge in [0.05, 0.1) is 13.5 Å². The average molecular weight is 205 g/mol. The van der Waals surface area contributed by atoms with Crippen LogP contribution in [-0.4, -0.2) is 25.3 Å². The predicted molar refractivity (Wildman–Crippen MR) is 54.9 cm³/mol. The molecule has 0 bridgehead atoms. The van der Waals surface area contributed by atoms with E-state index in [0.29, 0.717) is 6.42 Å². The zero-order chi connectivity index (χ0) is 10.8. The van der Waals surface area contributed by atoms with Crippen LogP contribution in [0.25, 0.3) is 0 Å². The summed E-state index contributed by atoms with van der Waals surface area (Å²) in [5.41, 5.74) is 0.740. The van der Waals surface area contributed by atoms with Crippen LogP contribution in [0.4, 0.5) is 5.69 Å². The number of anilines is 1. The number of rotatable bonds is 3. The van der Waals surface area contributed by atoms with E-state index in [0.717, 1.165) is 17.7 Å². The van der Waals surface area contributed by atoms with Crippen molar-refractivity contribution in [3.05, 3.63) is 24.3 Å². The fourth-order valence-electron chi connectivity index (χ4n) is 1.63. The molecule has 1 aliphatic rings. The van der Waals surface area contributed by atoms with Crippen LogP contribution in [0, 0.1) is 0 Å². The second-order valence-electron chi connectivity index (χ2n) is 3.37. The summed E-state index contributed by atoms with van der Waals surface area (Å²) in [4.78, 5) is 23.4. The third kappa shape index (κ3) is 1.58. The quantitative estimate of drug-likeness (QED) is 0.546. The molecule has 1 heterocycles. The zero-order valence-electron chi connectivity index (χ0n) is 8.34. The summed E-state index contributed by atoms with van der Waals surface area (Å²) in [6.45, 7) is 0. The SMILES string of the molecule is COc1ccc(N2C(=O)C[C@@H]2C=O)cc1. The van der Waals surface area contributed by atoms with Gasteiger partial charge in [0.1, 0.15) is 18.1 Å². The number of amides is 1. The molecule has 1 fully saturated rings. The smallest absolute Gasteiger partial charge is 0.230 e. The van der Waals surface area contributed by atoms with E-state index in [1.54, 1.807) is 31.4 Å². The minimum atomic E-state index is -0.300. The zero-order valence-corrected chi connectivity index (χ0v) is 8.34. The van der Waals surface area contributed by atoms with Gasteiger partial charge in [-0.05, 0) is 24.3 Å². The molecule has 0 aromatic heterocycles. The van der Waals surface area contributed by atoms with E-state index in [9.17, 15) is 9.59 Å². The molecule has 0 aliphatic carbocycles. The molecule has 1 aromatic rings. The summed E-state index contributed by atoms with van der Waals surface area (Å²) in [5, 5.41) is 0. The van der Waals surface area contributed by atoms with Gasteiger partial charge in [-0.25, -0.2) is 0 Å². The molecule has 0 unspecified atom stereocenters. The minimum absolute atomic E-state index is 0.0164. The highest BCUT2D eigenvalue weighted by molar-refractivity contribution is 6.06. The Morgan fingerprint density at radius 2 is 2.07 bits per heavy atom. The summed E-state index contributed by atoms with van der Waals surface area (Å²) < 4.78 is 5.01. The van der Waals surface area contributed by atoms with Crippen molar-refractivity contribution in [2.24, 2.45) is 0 Å². The summed E-state index contributed by atoms with van der Waals surface area (Å²) in [6, 6.07) is 6.77.